The third-order valence-electron chi connectivity index (χ3n) is 7.80. The Balaban J connectivity index is 1.76. The minimum Gasteiger partial charge on any atom is -0.352 e. The second-order valence-electron chi connectivity index (χ2n) is 11.2. The van der Waals surface area contributed by atoms with Crippen molar-refractivity contribution in [1.29, 1.82) is 0 Å². The number of rotatable bonds is 12. The van der Waals surface area contributed by atoms with Gasteiger partial charge in [0, 0.05) is 34.6 Å². The number of carbonyl (C=O) groups is 3. The molecule has 0 unspecified atom stereocenters. The highest BCUT2D eigenvalue weighted by atomic mass is 35.5. The van der Waals surface area contributed by atoms with Crippen molar-refractivity contribution in [3.63, 3.8) is 0 Å². The van der Waals surface area contributed by atoms with Crippen LogP contribution >= 0.6 is 23.2 Å². The van der Waals surface area contributed by atoms with Crippen molar-refractivity contribution in [1.82, 2.24) is 10.2 Å². The highest BCUT2D eigenvalue weighted by Gasteiger charge is 2.34. The van der Waals surface area contributed by atoms with Gasteiger partial charge in [0.2, 0.25) is 21.8 Å². The van der Waals surface area contributed by atoms with Gasteiger partial charge in [-0.3, -0.25) is 18.7 Å². The average Bonchev–Trinajstić information content (AvgIpc) is 2.99. The van der Waals surface area contributed by atoms with Crippen LogP contribution in [0.5, 0.6) is 0 Å². The van der Waals surface area contributed by atoms with E-state index in [4.69, 9.17) is 23.2 Å². The van der Waals surface area contributed by atoms with Crippen LogP contribution in [0, 0.1) is 0 Å². The first-order chi connectivity index (χ1) is 20.9. The number of halogens is 2. The Kier molecular flexibility index (Phi) is 11.5. The van der Waals surface area contributed by atoms with Gasteiger partial charge in [-0.2, -0.15) is 0 Å². The molecule has 11 heteroatoms. The van der Waals surface area contributed by atoms with Crippen molar-refractivity contribution in [3.05, 3.63) is 99.5 Å². The lowest BCUT2D eigenvalue weighted by Crippen LogP contribution is -2.55. The summed E-state index contributed by atoms with van der Waals surface area (Å²) in [5.74, 6) is -1.16. The maximum Gasteiger partial charge on any atom is 0.244 e. The first-order valence-electron chi connectivity index (χ1n) is 14.6. The summed E-state index contributed by atoms with van der Waals surface area (Å²) in [7, 11) is -3.97. The molecule has 1 aliphatic rings. The van der Waals surface area contributed by atoms with E-state index >= 15 is 0 Å². The zero-order valence-corrected chi connectivity index (χ0v) is 27.2. The van der Waals surface area contributed by atoms with Gasteiger partial charge in [-0.1, -0.05) is 91.0 Å². The fourth-order valence-corrected chi connectivity index (χ4v) is 6.74. The SMILES string of the molecule is CC(=O)c1cccc(N(CC(=O)N(Cc2ccc(Cl)cc2Cl)[C@@H](Cc2ccccc2)C(=O)NC2CCCCC2)S(C)(=O)=O)c1. The third kappa shape index (κ3) is 9.06. The van der Waals surface area contributed by atoms with Gasteiger partial charge in [-0.05, 0) is 55.2 Å². The molecule has 2 amide bonds. The molecule has 0 aliphatic heterocycles. The Morgan fingerprint density at radius 3 is 2.27 bits per heavy atom. The Hall–Kier alpha value is -3.40. The number of nitrogens with zero attached hydrogens (tertiary/aromatic N) is 2. The van der Waals surface area contributed by atoms with Crippen LogP contribution in [-0.2, 0) is 32.6 Å². The lowest BCUT2D eigenvalue weighted by Gasteiger charge is -2.35. The fraction of sp³-hybridized carbons (Fsp3) is 0.364. The van der Waals surface area contributed by atoms with Crippen LogP contribution in [0.1, 0.15) is 60.5 Å². The molecule has 3 aromatic carbocycles. The third-order valence-corrected chi connectivity index (χ3v) is 9.53. The minimum absolute atomic E-state index is 0.00701. The van der Waals surface area contributed by atoms with Crippen LogP contribution in [0.15, 0.2) is 72.8 Å². The quantitative estimate of drug-likeness (QED) is 0.239. The van der Waals surface area contributed by atoms with Crippen LogP contribution in [-0.4, -0.2) is 55.8 Å². The van der Waals surface area contributed by atoms with Crippen LogP contribution in [0.25, 0.3) is 0 Å². The predicted octanol–water partition coefficient (Wildman–Crippen LogP) is 6.05. The van der Waals surface area contributed by atoms with Crippen molar-refractivity contribution in [2.45, 2.75) is 64.1 Å². The Morgan fingerprint density at radius 1 is 0.932 bits per heavy atom. The largest absolute Gasteiger partial charge is 0.352 e. The summed E-state index contributed by atoms with van der Waals surface area (Å²) < 4.78 is 27.0. The van der Waals surface area contributed by atoms with Gasteiger partial charge in [-0.25, -0.2) is 8.42 Å². The zero-order chi connectivity index (χ0) is 31.9. The van der Waals surface area contributed by atoms with Crippen molar-refractivity contribution in [2.24, 2.45) is 0 Å². The molecule has 0 heterocycles. The van der Waals surface area contributed by atoms with Gasteiger partial charge in [0.1, 0.15) is 12.6 Å². The molecule has 4 rings (SSSR count). The lowest BCUT2D eigenvalue weighted by molar-refractivity contribution is -0.140. The second-order valence-corrected chi connectivity index (χ2v) is 13.9. The number of nitrogens with one attached hydrogen (secondary N) is 1. The summed E-state index contributed by atoms with van der Waals surface area (Å²) in [6, 6.07) is 19.4. The molecular formula is C33H37Cl2N3O5S. The molecule has 0 radical (unpaired) electrons. The van der Waals surface area contributed by atoms with Crippen LogP contribution < -0.4 is 9.62 Å². The Bertz CT molecular complexity index is 1590. The van der Waals surface area contributed by atoms with Gasteiger partial charge in [0.15, 0.2) is 5.78 Å². The Morgan fingerprint density at radius 2 is 1.64 bits per heavy atom. The van der Waals surface area contributed by atoms with E-state index in [0.29, 0.717) is 21.2 Å². The smallest absolute Gasteiger partial charge is 0.244 e. The summed E-state index contributed by atoms with van der Waals surface area (Å²) in [6.07, 6.45) is 6.06. The van der Waals surface area contributed by atoms with Crippen molar-refractivity contribution in [2.75, 3.05) is 17.1 Å². The van der Waals surface area contributed by atoms with E-state index in [2.05, 4.69) is 5.32 Å². The average molecular weight is 659 g/mol. The molecule has 3 aromatic rings. The number of benzene rings is 3. The van der Waals surface area contributed by atoms with Gasteiger partial charge >= 0.3 is 0 Å². The van der Waals surface area contributed by atoms with Gasteiger partial charge in [-0.15, -0.1) is 0 Å². The number of sulfonamides is 1. The number of carbonyl (C=O) groups excluding carboxylic acids is 3. The van der Waals surface area contributed by atoms with Crippen LogP contribution in [0.2, 0.25) is 10.0 Å². The molecule has 8 nitrogen and oxygen atoms in total. The number of amides is 2. The lowest BCUT2D eigenvalue weighted by atomic mass is 9.94. The molecule has 1 N–H and O–H groups in total. The monoisotopic (exact) mass is 657 g/mol. The number of hydrogen-bond donors (Lipinski definition) is 1. The van der Waals surface area contributed by atoms with Gasteiger partial charge < -0.3 is 10.2 Å². The van der Waals surface area contributed by atoms with E-state index in [0.717, 1.165) is 48.2 Å². The summed E-state index contributed by atoms with van der Waals surface area (Å²) in [5.41, 5.74) is 1.87. The molecule has 1 saturated carbocycles. The number of ketones is 1. The highest BCUT2D eigenvalue weighted by Crippen LogP contribution is 2.26. The standard InChI is InChI=1S/C33H37Cl2N3O5S/c1-23(39)25-12-9-15-29(19-25)38(44(2,42)43)22-32(40)37(21-26-16-17-27(34)20-30(26)35)31(18-24-10-5-3-6-11-24)33(41)36-28-13-7-4-8-14-28/h3,5-6,9-12,15-17,19-20,28,31H,4,7-8,13-14,18,21-22H2,1-2H3,(H,36,41)/t31-/m0/s1. The maximum absolute atomic E-state index is 14.3. The molecule has 234 valence electrons. The molecule has 1 fully saturated rings. The summed E-state index contributed by atoms with van der Waals surface area (Å²) >= 11 is 12.7. The number of Topliss-reactive ketones (excluding diaryl/α,β-unsaturated/α-hetero) is 1. The van der Waals surface area contributed by atoms with E-state index < -0.39 is 28.5 Å². The van der Waals surface area contributed by atoms with Crippen molar-refractivity contribution < 1.29 is 22.8 Å². The topological polar surface area (TPSA) is 104 Å². The molecule has 0 spiro atoms. The molecule has 0 saturated heterocycles. The fourth-order valence-electron chi connectivity index (χ4n) is 5.43. The molecule has 0 bridgehead atoms. The van der Waals surface area contributed by atoms with E-state index in [1.807, 2.05) is 30.3 Å². The first kappa shape index (κ1) is 33.5. The molecule has 1 aliphatic carbocycles. The van der Waals surface area contributed by atoms with E-state index in [1.165, 1.54) is 24.0 Å². The molecule has 1 atom stereocenters. The van der Waals surface area contributed by atoms with Crippen molar-refractivity contribution >= 4 is 56.5 Å². The van der Waals surface area contributed by atoms with Gasteiger partial charge in [0.05, 0.1) is 11.9 Å². The van der Waals surface area contributed by atoms with Gasteiger partial charge in [0.25, 0.3) is 0 Å². The normalized spacial score (nSPS) is 14.5. The molecule has 0 aromatic heterocycles. The minimum atomic E-state index is -3.97. The molecular weight excluding hydrogens is 621 g/mol. The second kappa shape index (κ2) is 15.1. The predicted molar refractivity (Wildman–Crippen MR) is 175 cm³/mol. The zero-order valence-electron chi connectivity index (χ0n) is 24.8. The Labute approximate surface area is 269 Å². The maximum atomic E-state index is 14.3. The van der Waals surface area contributed by atoms with Crippen LogP contribution in [0.4, 0.5) is 5.69 Å². The highest BCUT2D eigenvalue weighted by molar-refractivity contribution is 7.92. The summed E-state index contributed by atoms with van der Waals surface area (Å²) in [5, 5.41) is 3.90. The first-order valence-corrected chi connectivity index (χ1v) is 17.2. The molecule has 44 heavy (non-hydrogen) atoms. The van der Waals surface area contributed by atoms with E-state index in [-0.39, 0.29) is 36.4 Å². The summed E-state index contributed by atoms with van der Waals surface area (Å²) in [4.78, 5) is 41.8. The van der Waals surface area contributed by atoms with Crippen LogP contribution in [0.3, 0.4) is 0 Å². The van der Waals surface area contributed by atoms with E-state index in [1.54, 1.807) is 30.3 Å². The number of hydrogen-bond acceptors (Lipinski definition) is 5. The summed E-state index contributed by atoms with van der Waals surface area (Å²) in [6.45, 7) is 0.731. The number of anilines is 1. The van der Waals surface area contributed by atoms with Crippen molar-refractivity contribution in [3.8, 4) is 0 Å². The van der Waals surface area contributed by atoms with E-state index in [9.17, 15) is 22.8 Å².